The molecule has 0 amide bonds. The number of benzene rings is 1. The predicted octanol–water partition coefficient (Wildman–Crippen LogP) is 2.90. The molecule has 3 rings (SSSR count). The van der Waals surface area contributed by atoms with Crippen LogP contribution in [0.2, 0.25) is 5.02 Å². The Morgan fingerprint density at radius 1 is 1.35 bits per heavy atom. The third-order valence-corrected chi connectivity index (χ3v) is 3.30. The minimum Gasteiger partial charge on any atom is -0.360 e. The number of halogens is 1. The first-order valence-corrected chi connectivity index (χ1v) is 6.63. The van der Waals surface area contributed by atoms with E-state index in [1.54, 1.807) is 31.2 Å². The van der Waals surface area contributed by atoms with Crippen molar-refractivity contribution in [1.29, 1.82) is 0 Å². The maximum Gasteiger partial charge on any atom is 0.267 e. The second-order valence-electron chi connectivity index (χ2n) is 4.48. The fourth-order valence-electron chi connectivity index (χ4n) is 2.14. The van der Waals surface area contributed by atoms with Gasteiger partial charge < -0.3 is 4.52 Å². The highest BCUT2D eigenvalue weighted by molar-refractivity contribution is 6.31. The first-order valence-electron chi connectivity index (χ1n) is 6.25. The first kappa shape index (κ1) is 12.9. The quantitative estimate of drug-likeness (QED) is 0.728. The van der Waals surface area contributed by atoms with Crippen molar-refractivity contribution in [3.8, 4) is 5.82 Å². The van der Waals surface area contributed by atoms with E-state index in [4.69, 9.17) is 16.1 Å². The molecule has 0 spiro atoms. The van der Waals surface area contributed by atoms with E-state index < -0.39 is 0 Å². The van der Waals surface area contributed by atoms with Crippen LogP contribution in [-0.4, -0.2) is 14.7 Å². The van der Waals surface area contributed by atoms with Crippen molar-refractivity contribution >= 4 is 22.5 Å². The van der Waals surface area contributed by atoms with Crippen LogP contribution in [0.5, 0.6) is 0 Å². The average molecular weight is 290 g/mol. The van der Waals surface area contributed by atoms with Crippen molar-refractivity contribution in [3.05, 3.63) is 51.2 Å². The van der Waals surface area contributed by atoms with E-state index in [-0.39, 0.29) is 5.56 Å². The Balaban J connectivity index is 2.40. The zero-order valence-corrected chi connectivity index (χ0v) is 11.8. The van der Waals surface area contributed by atoms with Gasteiger partial charge >= 0.3 is 0 Å². The van der Waals surface area contributed by atoms with Crippen LogP contribution >= 0.6 is 11.6 Å². The molecular weight excluding hydrogens is 278 g/mol. The minimum atomic E-state index is -0.192. The molecule has 0 saturated carbocycles. The number of aryl methyl sites for hydroxylation is 2. The lowest BCUT2D eigenvalue weighted by Gasteiger charge is -2.09. The number of hydrogen-bond acceptors (Lipinski definition) is 4. The maximum absolute atomic E-state index is 12.7. The maximum atomic E-state index is 12.7. The summed E-state index contributed by atoms with van der Waals surface area (Å²) in [5, 5.41) is 4.87. The molecule has 0 bridgehead atoms. The van der Waals surface area contributed by atoms with Gasteiger partial charge in [0.2, 0.25) is 0 Å². The molecule has 1 aromatic carbocycles. The van der Waals surface area contributed by atoms with E-state index in [2.05, 4.69) is 10.1 Å². The van der Waals surface area contributed by atoms with Crippen LogP contribution in [0.4, 0.5) is 0 Å². The van der Waals surface area contributed by atoms with Gasteiger partial charge in [-0.3, -0.25) is 4.79 Å². The molecule has 6 heteroatoms. The van der Waals surface area contributed by atoms with Gasteiger partial charge in [-0.2, -0.15) is 0 Å². The molecule has 0 unspecified atom stereocenters. The van der Waals surface area contributed by atoms with Crippen molar-refractivity contribution in [3.63, 3.8) is 0 Å². The molecule has 0 N–H and O–H groups in total. The van der Waals surface area contributed by atoms with Crippen LogP contribution in [-0.2, 0) is 6.42 Å². The fraction of sp³-hybridized carbons (Fsp3) is 0.214. The summed E-state index contributed by atoms with van der Waals surface area (Å²) >= 11 is 5.96. The van der Waals surface area contributed by atoms with Gasteiger partial charge in [-0.1, -0.05) is 23.7 Å². The van der Waals surface area contributed by atoms with E-state index >= 15 is 0 Å². The molecule has 0 aliphatic heterocycles. The fourth-order valence-corrected chi connectivity index (χ4v) is 2.31. The lowest BCUT2D eigenvalue weighted by atomic mass is 10.2. The molecule has 2 aromatic heterocycles. The van der Waals surface area contributed by atoms with Gasteiger partial charge in [-0.25, -0.2) is 9.55 Å². The summed E-state index contributed by atoms with van der Waals surface area (Å²) in [5.41, 5.74) is 0.440. The second kappa shape index (κ2) is 4.76. The molecule has 102 valence electrons. The van der Waals surface area contributed by atoms with E-state index in [9.17, 15) is 4.79 Å². The van der Waals surface area contributed by atoms with Crippen LogP contribution in [0.3, 0.4) is 0 Å². The van der Waals surface area contributed by atoms with E-state index in [0.29, 0.717) is 39.7 Å². The van der Waals surface area contributed by atoms with Gasteiger partial charge in [-0.15, -0.1) is 0 Å². The van der Waals surface area contributed by atoms with Crippen molar-refractivity contribution in [1.82, 2.24) is 14.7 Å². The Morgan fingerprint density at radius 3 is 2.80 bits per heavy atom. The smallest absolute Gasteiger partial charge is 0.267 e. The normalized spacial score (nSPS) is 11.2. The topological polar surface area (TPSA) is 60.9 Å². The molecule has 2 heterocycles. The van der Waals surface area contributed by atoms with E-state index in [1.807, 2.05) is 6.92 Å². The molecule has 0 radical (unpaired) electrons. The number of aromatic nitrogens is 3. The van der Waals surface area contributed by atoms with Crippen molar-refractivity contribution in [2.24, 2.45) is 0 Å². The first-order chi connectivity index (χ1) is 9.60. The van der Waals surface area contributed by atoms with Crippen LogP contribution in [0, 0.1) is 6.92 Å². The van der Waals surface area contributed by atoms with Crippen LogP contribution in [0.15, 0.2) is 33.6 Å². The van der Waals surface area contributed by atoms with Gasteiger partial charge in [0, 0.05) is 17.5 Å². The highest BCUT2D eigenvalue weighted by Crippen LogP contribution is 2.17. The summed E-state index contributed by atoms with van der Waals surface area (Å²) in [5.74, 6) is 1.72. The highest BCUT2D eigenvalue weighted by atomic mass is 35.5. The monoisotopic (exact) mass is 289 g/mol. The van der Waals surface area contributed by atoms with Gasteiger partial charge in [0.1, 0.15) is 11.6 Å². The minimum absolute atomic E-state index is 0.192. The molecule has 0 fully saturated rings. The molecule has 0 aliphatic carbocycles. The van der Waals surface area contributed by atoms with Crippen molar-refractivity contribution < 1.29 is 4.52 Å². The average Bonchev–Trinajstić information content (AvgIpc) is 2.85. The molecule has 0 saturated heterocycles. The van der Waals surface area contributed by atoms with E-state index in [1.165, 1.54) is 4.57 Å². The van der Waals surface area contributed by atoms with Gasteiger partial charge in [0.05, 0.1) is 10.9 Å². The van der Waals surface area contributed by atoms with Crippen molar-refractivity contribution in [2.75, 3.05) is 0 Å². The molecule has 0 atom stereocenters. The van der Waals surface area contributed by atoms with Gasteiger partial charge in [0.15, 0.2) is 5.82 Å². The number of nitrogens with zero attached hydrogens (tertiary/aromatic N) is 3. The SMILES string of the molecule is CCc1nc2ccc(Cl)cc2c(=O)n1-c1cc(C)on1. The summed E-state index contributed by atoms with van der Waals surface area (Å²) in [4.78, 5) is 17.2. The number of hydrogen-bond donors (Lipinski definition) is 0. The Morgan fingerprint density at radius 2 is 2.15 bits per heavy atom. The standard InChI is InChI=1S/C14H12ClN3O2/c1-3-12-16-11-5-4-9(15)7-10(11)14(19)18(12)13-6-8(2)20-17-13/h4-7H,3H2,1-2H3. The van der Waals surface area contributed by atoms with Crippen LogP contribution in [0.25, 0.3) is 16.7 Å². The van der Waals surface area contributed by atoms with Crippen molar-refractivity contribution in [2.45, 2.75) is 20.3 Å². The number of rotatable bonds is 2. The third kappa shape index (κ3) is 2.00. The molecule has 20 heavy (non-hydrogen) atoms. The predicted molar refractivity (Wildman–Crippen MR) is 76.5 cm³/mol. The summed E-state index contributed by atoms with van der Waals surface area (Å²) in [6, 6.07) is 6.80. The summed E-state index contributed by atoms with van der Waals surface area (Å²) in [6.45, 7) is 3.71. The molecular formula is C14H12ClN3O2. The van der Waals surface area contributed by atoms with Gasteiger partial charge in [-0.05, 0) is 25.1 Å². The second-order valence-corrected chi connectivity index (χ2v) is 4.92. The highest BCUT2D eigenvalue weighted by Gasteiger charge is 2.14. The third-order valence-electron chi connectivity index (χ3n) is 3.06. The Kier molecular flexibility index (Phi) is 3.06. The van der Waals surface area contributed by atoms with E-state index in [0.717, 1.165) is 0 Å². The van der Waals surface area contributed by atoms with Crippen LogP contribution in [0.1, 0.15) is 18.5 Å². The zero-order chi connectivity index (χ0) is 14.3. The Bertz CT molecular complexity index is 851. The lowest BCUT2D eigenvalue weighted by Crippen LogP contribution is -2.23. The Hall–Kier alpha value is -2.14. The summed E-state index contributed by atoms with van der Waals surface area (Å²) in [7, 11) is 0. The lowest BCUT2D eigenvalue weighted by molar-refractivity contribution is 0.394. The Labute approximate surface area is 119 Å². The molecule has 0 aliphatic rings. The molecule has 5 nitrogen and oxygen atoms in total. The van der Waals surface area contributed by atoms with Crippen LogP contribution < -0.4 is 5.56 Å². The summed E-state index contributed by atoms with van der Waals surface area (Å²) in [6.07, 6.45) is 0.611. The van der Waals surface area contributed by atoms with Gasteiger partial charge in [0.25, 0.3) is 5.56 Å². The molecule has 3 aromatic rings. The largest absolute Gasteiger partial charge is 0.360 e. The zero-order valence-electron chi connectivity index (χ0n) is 11.1. The number of fused-ring (bicyclic) bond motifs is 1. The summed E-state index contributed by atoms with van der Waals surface area (Å²) < 4.78 is 6.51.